The molecular formula is C21H23F2N3O2. The van der Waals surface area contributed by atoms with Crippen LogP contribution in [-0.2, 0) is 4.79 Å². The predicted molar refractivity (Wildman–Crippen MR) is 97.2 cm³/mol. The van der Waals surface area contributed by atoms with Crippen LogP contribution >= 0.6 is 0 Å². The fourth-order valence-corrected chi connectivity index (χ4v) is 6.56. The Bertz CT molecular complexity index is 987. The third-order valence-electron chi connectivity index (χ3n) is 7.88. The van der Waals surface area contributed by atoms with E-state index in [1.54, 1.807) is 6.33 Å². The molecule has 2 bridgehead atoms. The Morgan fingerprint density at radius 2 is 1.89 bits per heavy atom. The van der Waals surface area contributed by atoms with Crippen LogP contribution in [0.4, 0.5) is 8.78 Å². The van der Waals surface area contributed by atoms with Crippen LogP contribution in [0.3, 0.4) is 0 Å². The Morgan fingerprint density at radius 3 is 2.54 bits per heavy atom. The molecule has 1 amide bonds. The van der Waals surface area contributed by atoms with Crippen molar-refractivity contribution >= 4 is 16.9 Å². The molecule has 5 aliphatic rings. The van der Waals surface area contributed by atoms with Crippen LogP contribution in [0.15, 0.2) is 18.5 Å². The van der Waals surface area contributed by atoms with Crippen LogP contribution in [0.5, 0.6) is 0 Å². The fraction of sp³-hybridized carbons (Fsp3) is 0.619. The highest BCUT2D eigenvalue weighted by Gasteiger charge is 2.68. The molecule has 5 saturated carbocycles. The first-order valence-corrected chi connectivity index (χ1v) is 10.1. The van der Waals surface area contributed by atoms with E-state index in [1.807, 2.05) is 11.5 Å². The number of amides is 1. The van der Waals surface area contributed by atoms with Crippen molar-refractivity contribution in [3.8, 4) is 0 Å². The third-order valence-corrected chi connectivity index (χ3v) is 7.88. The van der Waals surface area contributed by atoms with Gasteiger partial charge in [0.25, 0.3) is 0 Å². The Balaban J connectivity index is 1.12. The van der Waals surface area contributed by atoms with Crippen LogP contribution in [0.25, 0.3) is 11.0 Å². The molecule has 2 N–H and O–H groups in total. The molecule has 0 aliphatic heterocycles. The summed E-state index contributed by atoms with van der Waals surface area (Å²) in [5.41, 5.74) is 0.468. The number of fused-ring (bicyclic) bond motifs is 2. The minimum atomic E-state index is -0.872. The van der Waals surface area contributed by atoms with Gasteiger partial charge in [0.15, 0.2) is 11.6 Å². The van der Waals surface area contributed by atoms with Crippen molar-refractivity contribution in [3.63, 3.8) is 0 Å². The van der Waals surface area contributed by atoms with Gasteiger partial charge in [0.05, 0.1) is 23.0 Å². The first-order valence-electron chi connectivity index (χ1n) is 10.1. The van der Waals surface area contributed by atoms with E-state index in [-0.39, 0.29) is 23.4 Å². The van der Waals surface area contributed by atoms with Crippen LogP contribution in [0, 0.1) is 35.3 Å². The maximum Gasteiger partial charge on any atom is 0.223 e. The Kier molecular flexibility index (Phi) is 3.09. The van der Waals surface area contributed by atoms with Crippen molar-refractivity contribution < 1.29 is 18.7 Å². The Hall–Kier alpha value is -2.02. The van der Waals surface area contributed by atoms with E-state index in [9.17, 15) is 18.7 Å². The van der Waals surface area contributed by atoms with E-state index in [0.29, 0.717) is 48.0 Å². The number of aromatic nitrogens is 2. The van der Waals surface area contributed by atoms with Crippen LogP contribution in [-0.4, -0.2) is 31.7 Å². The molecule has 28 heavy (non-hydrogen) atoms. The molecule has 0 spiro atoms. The lowest BCUT2D eigenvalue weighted by atomic mass is 9.46. The van der Waals surface area contributed by atoms with E-state index in [0.717, 1.165) is 18.9 Å². The lowest BCUT2D eigenvalue weighted by Crippen LogP contribution is -2.79. The molecule has 5 nitrogen and oxygen atoms in total. The molecule has 0 radical (unpaired) electrons. The zero-order valence-electron chi connectivity index (χ0n) is 15.7. The topological polar surface area (TPSA) is 67.2 Å². The average Bonchev–Trinajstić information content (AvgIpc) is 2.92. The Labute approximate surface area is 161 Å². The average molecular weight is 387 g/mol. The number of carbonyl (C=O) groups excluding carboxylic acids is 1. The van der Waals surface area contributed by atoms with Crippen molar-refractivity contribution in [2.75, 3.05) is 0 Å². The number of hydrogen-bond acceptors (Lipinski definition) is 3. The number of benzene rings is 1. The van der Waals surface area contributed by atoms with Gasteiger partial charge in [0.1, 0.15) is 0 Å². The van der Waals surface area contributed by atoms with Crippen molar-refractivity contribution in [3.05, 3.63) is 30.1 Å². The number of carbonyl (C=O) groups is 1. The number of nitrogens with one attached hydrogen (secondary N) is 1. The standard InChI is InChI=1S/C21H23F2N3O2/c1-10(19(27)25-20-6-21(28,7-20)8-20)18-12-2-11(3-13(12)18)26-9-24-16-4-14(22)15(23)5-17(16)26/h4-5,9-13,18,28H,2-3,6-8H2,1H3,(H,25,27)/t10?,11-,12-,13+,18+,20?,21?. The van der Waals surface area contributed by atoms with Crippen LogP contribution in [0.1, 0.15) is 45.1 Å². The third kappa shape index (κ3) is 2.19. The molecule has 7 heteroatoms. The molecule has 1 heterocycles. The highest BCUT2D eigenvalue weighted by molar-refractivity contribution is 5.81. The van der Waals surface area contributed by atoms with Gasteiger partial charge in [0, 0.05) is 29.6 Å². The SMILES string of the molecule is CC(C(=O)NC12CC(O)(C1)C2)[C@H]1[C@@H]2C[C@@H](n3cnc4cc(F)c(F)cc43)C[C@@H]21. The van der Waals surface area contributed by atoms with Gasteiger partial charge in [0.2, 0.25) is 5.91 Å². The number of rotatable bonds is 4. The van der Waals surface area contributed by atoms with Gasteiger partial charge in [-0.2, -0.15) is 0 Å². The van der Waals surface area contributed by atoms with Gasteiger partial charge < -0.3 is 15.0 Å². The maximum atomic E-state index is 13.7. The molecule has 5 fully saturated rings. The molecule has 1 aromatic carbocycles. The van der Waals surface area contributed by atoms with Crippen molar-refractivity contribution in [1.29, 1.82) is 0 Å². The van der Waals surface area contributed by atoms with E-state index >= 15 is 0 Å². The molecule has 5 atom stereocenters. The molecule has 1 aromatic heterocycles. The zero-order chi connectivity index (χ0) is 19.4. The van der Waals surface area contributed by atoms with Crippen molar-refractivity contribution in [2.45, 2.75) is 56.2 Å². The first kappa shape index (κ1) is 16.9. The lowest BCUT2D eigenvalue weighted by Gasteiger charge is -2.67. The van der Waals surface area contributed by atoms with Gasteiger partial charge in [-0.15, -0.1) is 0 Å². The molecule has 2 aromatic rings. The summed E-state index contributed by atoms with van der Waals surface area (Å²) in [6, 6.07) is 2.60. The monoisotopic (exact) mass is 387 g/mol. The van der Waals surface area contributed by atoms with E-state index < -0.39 is 17.2 Å². The molecule has 0 saturated heterocycles. The summed E-state index contributed by atoms with van der Waals surface area (Å²) in [5.74, 6) is -0.220. The minimum absolute atomic E-state index is 0.0225. The summed E-state index contributed by atoms with van der Waals surface area (Å²) >= 11 is 0. The second kappa shape index (κ2) is 5.12. The largest absolute Gasteiger partial charge is 0.390 e. The second-order valence-electron chi connectivity index (χ2n) is 9.75. The van der Waals surface area contributed by atoms with Gasteiger partial charge in [-0.05, 0) is 49.9 Å². The molecule has 5 aliphatic carbocycles. The van der Waals surface area contributed by atoms with Crippen molar-refractivity contribution in [2.24, 2.45) is 23.7 Å². The molecule has 148 valence electrons. The highest BCUT2D eigenvalue weighted by Crippen LogP contribution is 2.64. The fourth-order valence-electron chi connectivity index (χ4n) is 6.56. The lowest BCUT2D eigenvalue weighted by molar-refractivity contribution is -0.221. The molecule has 1 unspecified atom stereocenters. The summed E-state index contributed by atoms with van der Waals surface area (Å²) in [4.78, 5) is 16.9. The smallest absolute Gasteiger partial charge is 0.223 e. The number of imidazole rings is 1. The van der Waals surface area contributed by atoms with Gasteiger partial charge in [-0.1, -0.05) is 6.92 Å². The van der Waals surface area contributed by atoms with Crippen molar-refractivity contribution in [1.82, 2.24) is 14.9 Å². The van der Waals surface area contributed by atoms with Gasteiger partial charge >= 0.3 is 0 Å². The first-order chi connectivity index (χ1) is 13.3. The predicted octanol–water partition coefficient (Wildman–Crippen LogP) is 2.93. The number of nitrogens with zero attached hydrogens (tertiary/aromatic N) is 2. The Morgan fingerprint density at radius 1 is 1.25 bits per heavy atom. The summed E-state index contributed by atoms with van der Waals surface area (Å²) in [6.07, 6.45) is 5.66. The van der Waals surface area contributed by atoms with Crippen LogP contribution < -0.4 is 5.32 Å². The second-order valence-corrected chi connectivity index (χ2v) is 9.75. The number of hydrogen-bond donors (Lipinski definition) is 2. The molecular weight excluding hydrogens is 364 g/mol. The maximum absolute atomic E-state index is 13.7. The summed E-state index contributed by atoms with van der Waals surface area (Å²) in [6.45, 7) is 2.01. The van der Waals surface area contributed by atoms with Crippen LogP contribution in [0.2, 0.25) is 0 Å². The summed E-state index contributed by atoms with van der Waals surface area (Å²) in [5, 5.41) is 13.1. The van der Waals surface area contributed by atoms with E-state index in [4.69, 9.17) is 0 Å². The van der Waals surface area contributed by atoms with E-state index in [1.165, 1.54) is 6.07 Å². The zero-order valence-corrected chi connectivity index (χ0v) is 15.7. The highest BCUT2D eigenvalue weighted by atomic mass is 19.2. The minimum Gasteiger partial charge on any atom is -0.390 e. The summed E-state index contributed by atoms with van der Waals surface area (Å²) in [7, 11) is 0. The molecule has 7 rings (SSSR count). The normalized spacial score (nSPS) is 41.1. The number of halogens is 2. The van der Waals surface area contributed by atoms with Gasteiger partial charge in [-0.25, -0.2) is 13.8 Å². The number of aliphatic hydroxyl groups is 1. The van der Waals surface area contributed by atoms with E-state index in [2.05, 4.69) is 10.3 Å². The summed E-state index contributed by atoms with van der Waals surface area (Å²) < 4.78 is 29.0. The van der Waals surface area contributed by atoms with Gasteiger partial charge in [-0.3, -0.25) is 4.79 Å². The quantitative estimate of drug-likeness (QED) is 0.848.